The molecule has 0 aliphatic heterocycles. The third-order valence-corrected chi connectivity index (χ3v) is 6.71. The lowest BCUT2D eigenvalue weighted by Gasteiger charge is -2.24. The Morgan fingerprint density at radius 2 is 1.72 bits per heavy atom. The number of methoxy groups -OCH3 is 1. The van der Waals surface area contributed by atoms with Crippen LogP contribution in [0, 0.1) is 5.92 Å². The van der Waals surface area contributed by atoms with Gasteiger partial charge in [0.15, 0.2) is 5.58 Å². The van der Waals surface area contributed by atoms with E-state index in [2.05, 4.69) is 35.5 Å². The van der Waals surface area contributed by atoms with Gasteiger partial charge in [-0.1, -0.05) is 46.8 Å². The summed E-state index contributed by atoms with van der Waals surface area (Å²) in [6.45, 7) is 12.1. The van der Waals surface area contributed by atoms with E-state index in [4.69, 9.17) is 8.83 Å². The van der Waals surface area contributed by atoms with Crippen LogP contribution >= 0.6 is 0 Å². The fourth-order valence-corrected chi connectivity index (χ4v) is 4.32. The molecule has 1 atom stereocenters. The molecule has 3 heterocycles. The molecule has 2 N–H and O–H groups in total. The molecule has 0 spiro atoms. The number of nitrogens with zero attached hydrogens (tertiary/aromatic N) is 5. The van der Waals surface area contributed by atoms with E-state index in [0.717, 1.165) is 11.7 Å². The molecule has 0 aliphatic rings. The van der Waals surface area contributed by atoms with Gasteiger partial charge in [0.2, 0.25) is 23.5 Å². The standard InChI is InChI=1S/C29H35N7O7/c1-15(2)20(33-19(37)14-36-23(39)17(32-27(40)41-8)13-30-24(36)28(3,4)5)21(38)22-34-35-26(43-22)29(6,7)25-31-16-11-9-10-12-18(16)42-25/h9-13,15,20H,14H2,1-8H3,(H,32,40)(H,33,37)/t20-/m1/s1. The lowest BCUT2D eigenvalue weighted by atomic mass is 9.93. The second-order valence-corrected chi connectivity index (χ2v) is 11.9. The number of anilines is 1. The van der Waals surface area contributed by atoms with Crippen LogP contribution in [-0.4, -0.2) is 55.7 Å². The predicted octanol–water partition coefficient (Wildman–Crippen LogP) is 3.59. The number of carbonyl (C=O) groups excluding carboxylic acids is 3. The first kappa shape index (κ1) is 31.1. The highest BCUT2D eigenvalue weighted by atomic mass is 16.5. The molecule has 228 valence electrons. The highest BCUT2D eigenvalue weighted by molar-refractivity contribution is 5.98. The first-order valence-corrected chi connectivity index (χ1v) is 13.6. The summed E-state index contributed by atoms with van der Waals surface area (Å²) < 4.78 is 17.4. The van der Waals surface area contributed by atoms with Gasteiger partial charge in [0.05, 0.1) is 19.3 Å². The SMILES string of the molecule is COC(=O)Nc1cnc(C(C)(C)C)n(CC(=O)N[C@@H](C(=O)c2nnc(C(C)(C)c3nc4ccccc4o3)o2)C(C)C)c1=O. The zero-order valence-electron chi connectivity index (χ0n) is 25.3. The molecule has 4 aromatic rings. The van der Waals surface area contributed by atoms with E-state index < -0.39 is 46.8 Å². The monoisotopic (exact) mass is 593 g/mol. The fraction of sp³-hybridized carbons (Fsp3) is 0.448. The van der Waals surface area contributed by atoms with Crippen LogP contribution in [0.3, 0.4) is 0 Å². The lowest BCUT2D eigenvalue weighted by molar-refractivity contribution is -0.122. The summed E-state index contributed by atoms with van der Waals surface area (Å²) in [7, 11) is 1.16. The maximum absolute atomic E-state index is 13.5. The van der Waals surface area contributed by atoms with Crippen molar-refractivity contribution in [1.82, 2.24) is 30.0 Å². The van der Waals surface area contributed by atoms with Gasteiger partial charge < -0.3 is 18.9 Å². The van der Waals surface area contributed by atoms with E-state index in [0.29, 0.717) is 22.8 Å². The molecule has 3 aromatic heterocycles. The summed E-state index contributed by atoms with van der Waals surface area (Å²) in [4.78, 5) is 60.5. The second kappa shape index (κ2) is 11.8. The first-order valence-electron chi connectivity index (χ1n) is 13.6. The van der Waals surface area contributed by atoms with Crippen molar-refractivity contribution in [2.75, 3.05) is 12.4 Å². The minimum absolute atomic E-state index is 0.110. The van der Waals surface area contributed by atoms with E-state index in [1.807, 2.05) is 39.0 Å². The van der Waals surface area contributed by atoms with Crippen LogP contribution in [0.5, 0.6) is 0 Å². The minimum atomic E-state index is -1.05. The Bertz CT molecular complexity index is 1690. The van der Waals surface area contributed by atoms with Crippen molar-refractivity contribution in [1.29, 1.82) is 0 Å². The number of nitrogens with one attached hydrogen (secondary N) is 2. The van der Waals surface area contributed by atoms with Gasteiger partial charge in [-0.25, -0.2) is 14.8 Å². The van der Waals surface area contributed by atoms with Crippen LogP contribution in [0.25, 0.3) is 11.1 Å². The summed E-state index contributed by atoms with van der Waals surface area (Å²) in [6.07, 6.45) is 0.353. The third-order valence-electron chi connectivity index (χ3n) is 6.71. The van der Waals surface area contributed by atoms with Gasteiger partial charge in [-0.3, -0.25) is 24.3 Å². The molecular formula is C29H35N7O7. The number of fused-ring (bicyclic) bond motifs is 1. The molecule has 0 saturated carbocycles. The van der Waals surface area contributed by atoms with Crippen molar-refractivity contribution in [3.05, 3.63) is 64.3 Å². The number of ketones is 1. The molecule has 43 heavy (non-hydrogen) atoms. The Morgan fingerprint density at radius 3 is 2.35 bits per heavy atom. The van der Waals surface area contributed by atoms with Crippen molar-refractivity contribution in [3.8, 4) is 0 Å². The van der Waals surface area contributed by atoms with E-state index in [9.17, 15) is 19.2 Å². The minimum Gasteiger partial charge on any atom is -0.453 e. The topological polar surface area (TPSA) is 184 Å². The number of aromatic nitrogens is 5. The van der Waals surface area contributed by atoms with Crippen LogP contribution in [0.1, 0.15) is 76.8 Å². The van der Waals surface area contributed by atoms with Gasteiger partial charge >= 0.3 is 6.09 Å². The smallest absolute Gasteiger partial charge is 0.411 e. The maximum atomic E-state index is 13.5. The van der Waals surface area contributed by atoms with E-state index in [1.165, 1.54) is 6.20 Å². The molecule has 0 radical (unpaired) electrons. The van der Waals surface area contributed by atoms with Crippen molar-refractivity contribution >= 4 is 34.6 Å². The largest absolute Gasteiger partial charge is 0.453 e. The summed E-state index contributed by atoms with van der Waals surface area (Å²) in [5.74, 6) is -1.15. The third kappa shape index (κ3) is 6.47. The number of hydrogen-bond donors (Lipinski definition) is 2. The van der Waals surface area contributed by atoms with Crippen LogP contribution < -0.4 is 16.2 Å². The maximum Gasteiger partial charge on any atom is 0.411 e. The highest BCUT2D eigenvalue weighted by Gasteiger charge is 2.37. The lowest BCUT2D eigenvalue weighted by Crippen LogP contribution is -2.47. The van der Waals surface area contributed by atoms with Crippen LogP contribution in [0.15, 0.2) is 44.1 Å². The number of amides is 2. The van der Waals surface area contributed by atoms with Gasteiger partial charge in [-0.15, -0.1) is 10.2 Å². The molecule has 0 aliphatic carbocycles. The quantitative estimate of drug-likeness (QED) is 0.270. The van der Waals surface area contributed by atoms with Crippen molar-refractivity contribution < 1.29 is 28.0 Å². The Labute approximate surface area is 247 Å². The molecule has 4 rings (SSSR count). The second-order valence-electron chi connectivity index (χ2n) is 11.9. The van der Waals surface area contributed by atoms with Gasteiger partial charge in [-0.2, -0.15) is 0 Å². The van der Waals surface area contributed by atoms with Gasteiger partial charge in [0.1, 0.15) is 29.0 Å². The molecule has 14 nitrogen and oxygen atoms in total. The Morgan fingerprint density at radius 1 is 1.02 bits per heavy atom. The molecule has 2 amide bonds. The molecule has 0 bridgehead atoms. The van der Waals surface area contributed by atoms with Crippen molar-refractivity contribution in [3.63, 3.8) is 0 Å². The number of hydrogen-bond acceptors (Lipinski definition) is 11. The van der Waals surface area contributed by atoms with Crippen molar-refractivity contribution in [2.24, 2.45) is 5.92 Å². The predicted molar refractivity (Wildman–Crippen MR) is 155 cm³/mol. The van der Waals surface area contributed by atoms with Gasteiger partial charge in [0.25, 0.3) is 11.4 Å². The van der Waals surface area contributed by atoms with Crippen LogP contribution in [-0.2, 0) is 26.9 Å². The van der Waals surface area contributed by atoms with E-state index in [1.54, 1.807) is 33.8 Å². The molecule has 14 heteroatoms. The van der Waals surface area contributed by atoms with Gasteiger partial charge in [-0.05, 0) is 31.9 Å². The van der Waals surface area contributed by atoms with Crippen LogP contribution in [0.2, 0.25) is 0 Å². The molecule has 1 aromatic carbocycles. The molecule has 0 unspecified atom stereocenters. The van der Waals surface area contributed by atoms with E-state index in [-0.39, 0.29) is 23.4 Å². The number of oxazole rings is 1. The molecule has 0 fully saturated rings. The average molecular weight is 594 g/mol. The number of para-hydroxylation sites is 2. The average Bonchev–Trinajstić information content (AvgIpc) is 3.61. The number of carbonyl (C=O) groups is 3. The Hall–Kier alpha value is -4.88. The summed E-state index contributed by atoms with van der Waals surface area (Å²) >= 11 is 0. The first-order chi connectivity index (χ1) is 20.1. The number of benzene rings is 1. The number of Topliss-reactive ketones (excluding diaryl/α,β-unsaturated/α-hetero) is 1. The number of rotatable bonds is 9. The van der Waals surface area contributed by atoms with Crippen molar-refractivity contribution in [2.45, 2.75) is 71.9 Å². The molecule has 0 saturated heterocycles. The van der Waals surface area contributed by atoms with E-state index >= 15 is 0 Å². The summed E-state index contributed by atoms with van der Waals surface area (Å²) in [5, 5.41) is 13.0. The highest BCUT2D eigenvalue weighted by Crippen LogP contribution is 2.32. The normalized spacial score (nSPS) is 12.8. The van der Waals surface area contributed by atoms with Crippen LogP contribution in [0.4, 0.5) is 10.5 Å². The zero-order valence-corrected chi connectivity index (χ0v) is 25.3. The molecular weight excluding hydrogens is 558 g/mol. The van der Waals surface area contributed by atoms with Gasteiger partial charge in [0, 0.05) is 5.41 Å². The fourth-order valence-electron chi connectivity index (χ4n) is 4.32. The summed E-state index contributed by atoms with van der Waals surface area (Å²) in [5.41, 5.74) is -1.14. The summed E-state index contributed by atoms with van der Waals surface area (Å²) in [6, 6.07) is 6.24. The number of ether oxygens (including phenoxy) is 1. The Kier molecular flexibility index (Phi) is 8.51. The Balaban J connectivity index is 1.57. The zero-order chi connectivity index (χ0) is 31.7.